The number of rotatable bonds is 2. The fourth-order valence-corrected chi connectivity index (χ4v) is 2.34. The Bertz CT molecular complexity index is 550. The second kappa shape index (κ2) is 3.24. The predicted octanol–water partition coefficient (Wildman–Crippen LogP) is 1.32. The molecule has 1 saturated carbocycles. The van der Waals surface area contributed by atoms with Crippen molar-refractivity contribution in [1.29, 1.82) is 0 Å². The molecular weight excluding hydrogens is 236 g/mol. The zero-order valence-corrected chi connectivity index (χ0v) is 9.44. The number of sulfone groups is 1. The molecule has 1 aliphatic rings. The van der Waals surface area contributed by atoms with Crippen molar-refractivity contribution in [2.75, 3.05) is 6.26 Å². The van der Waals surface area contributed by atoms with Crippen molar-refractivity contribution in [2.45, 2.75) is 23.3 Å². The third-order valence-corrected chi connectivity index (χ3v) is 3.89. The van der Waals surface area contributed by atoms with E-state index >= 15 is 0 Å². The molecule has 2 rings (SSSR count). The van der Waals surface area contributed by atoms with Crippen molar-refractivity contribution in [2.24, 2.45) is 5.73 Å². The number of hydrogen-bond donors (Lipinski definition) is 1. The minimum absolute atomic E-state index is 0.0531. The van der Waals surface area contributed by atoms with Crippen molar-refractivity contribution < 1.29 is 17.2 Å². The molecule has 0 aromatic heterocycles. The van der Waals surface area contributed by atoms with Crippen LogP contribution in [0.25, 0.3) is 0 Å². The lowest BCUT2D eigenvalue weighted by Gasteiger charge is -2.12. The molecule has 1 aromatic rings. The van der Waals surface area contributed by atoms with Crippen LogP contribution < -0.4 is 5.73 Å². The van der Waals surface area contributed by atoms with Crippen LogP contribution in [-0.2, 0) is 15.4 Å². The highest BCUT2D eigenvalue weighted by Crippen LogP contribution is 2.44. The van der Waals surface area contributed by atoms with E-state index in [1.165, 1.54) is 6.07 Å². The molecule has 0 aliphatic heterocycles. The van der Waals surface area contributed by atoms with Gasteiger partial charge in [0, 0.05) is 17.4 Å². The van der Waals surface area contributed by atoms with E-state index < -0.39 is 31.9 Å². The number of hydrogen-bond acceptors (Lipinski definition) is 3. The summed E-state index contributed by atoms with van der Waals surface area (Å²) < 4.78 is 49.4. The molecule has 0 spiro atoms. The molecule has 1 fully saturated rings. The van der Waals surface area contributed by atoms with Crippen LogP contribution in [0.2, 0.25) is 0 Å². The maximum absolute atomic E-state index is 13.6. The van der Waals surface area contributed by atoms with E-state index in [2.05, 4.69) is 0 Å². The average molecular weight is 247 g/mol. The molecule has 88 valence electrons. The summed E-state index contributed by atoms with van der Waals surface area (Å²) in [5, 5.41) is 0. The van der Waals surface area contributed by atoms with Gasteiger partial charge in [0.15, 0.2) is 21.5 Å². The largest absolute Gasteiger partial charge is 0.321 e. The van der Waals surface area contributed by atoms with Crippen LogP contribution in [0, 0.1) is 11.6 Å². The normalized spacial score (nSPS) is 18.5. The van der Waals surface area contributed by atoms with Gasteiger partial charge in [-0.25, -0.2) is 17.2 Å². The lowest BCUT2D eigenvalue weighted by atomic mass is 10.1. The quantitative estimate of drug-likeness (QED) is 0.857. The van der Waals surface area contributed by atoms with Gasteiger partial charge in [0.25, 0.3) is 0 Å². The van der Waals surface area contributed by atoms with E-state index in [1.54, 1.807) is 0 Å². The Kier molecular flexibility index (Phi) is 2.32. The topological polar surface area (TPSA) is 60.2 Å². The summed E-state index contributed by atoms with van der Waals surface area (Å²) >= 11 is 0. The molecule has 1 aromatic carbocycles. The Morgan fingerprint density at radius 1 is 1.25 bits per heavy atom. The van der Waals surface area contributed by atoms with Crippen LogP contribution in [-0.4, -0.2) is 14.7 Å². The van der Waals surface area contributed by atoms with E-state index in [1.807, 2.05) is 0 Å². The maximum Gasteiger partial charge on any atom is 0.178 e. The Balaban J connectivity index is 2.62. The first-order valence-electron chi connectivity index (χ1n) is 4.73. The minimum Gasteiger partial charge on any atom is -0.321 e. The van der Waals surface area contributed by atoms with Gasteiger partial charge >= 0.3 is 0 Å². The molecule has 2 N–H and O–H groups in total. The molecule has 6 heteroatoms. The molecule has 0 bridgehead atoms. The Hall–Kier alpha value is -1.01. The molecule has 0 radical (unpaired) electrons. The van der Waals surface area contributed by atoms with Crippen molar-refractivity contribution in [3.63, 3.8) is 0 Å². The molecule has 0 atom stereocenters. The Labute approximate surface area is 92.2 Å². The van der Waals surface area contributed by atoms with Gasteiger partial charge in [-0.3, -0.25) is 0 Å². The number of nitrogens with two attached hydrogens (primary N) is 1. The van der Waals surface area contributed by atoms with E-state index in [4.69, 9.17) is 5.73 Å². The van der Waals surface area contributed by atoms with E-state index in [0.29, 0.717) is 12.8 Å². The van der Waals surface area contributed by atoms with E-state index in [9.17, 15) is 17.2 Å². The zero-order valence-electron chi connectivity index (χ0n) is 8.63. The van der Waals surface area contributed by atoms with Crippen LogP contribution in [0.5, 0.6) is 0 Å². The average Bonchev–Trinajstić information content (AvgIpc) is 2.87. The molecule has 16 heavy (non-hydrogen) atoms. The molecule has 0 saturated heterocycles. The molecule has 0 unspecified atom stereocenters. The zero-order chi connectivity index (χ0) is 12.1. The summed E-state index contributed by atoms with van der Waals surface area (Å²) in [6.45, 7) is 0. The first-order chi connectivity index (χ1) is 7.26. The smallest absolute Gasteiger partial charge is 0.178 e. The van der Waals surface area contributed by atoms with Crippen LogP contribution in [0.4, 0.5) is 8.78 Å². The number of halogens is 2. The van der Waals surface area contributed by atoms with Gasteiger partial charge in [-0.2, -0.15) is 0 Å². The van der Waals surface area contributed by atoms with Crippen LogP contribution >= 0.6 is 0 Å². The molecule has 0 heterocycles. The molecule has 0 amide bonds. The van der Waals surface area contributed by atoms with Crippen molar-refractivity contribution in [3.05, 3.63) is 29.3 Å². The summed E-state index contributed by atoms with van der Waals surface area (Å²) in [4.78, 5) is -0.627. The first kappa shape index (κ1) is 11.5. The van der Waals surface area contributed by atoms with E-state index in [0.717, 1.165) is 12.3 Å². The van der Waals surface area contributed by atoms with Gasteiger partial charge in [0.2, 0.25) is 0 Å². The second-order valence-electron chi connectivity index (χ2n) is 4.17. The summed E-state index contributed by atoms with van der Waals surface area (Å²) in [5.41, 5.74) is 4.98. The minimum atomic E-state index is -3.75. The SMILES string of the molecule is CS(=O)(=O)c1ccc(C2(N)CC2)c(F)c1F. The highest BCUT2D eigenvalue weighted by molar-refractivity contribution is 7.90. The van der Waals surface area contributed by atoms with Crippen LogP contribution in [0.1, 0.15) is 18.4 Å². The fourth-order valence-electron chi connectivity index (χ4n) is 1.61. The Morgan fingerprint density at radius 3 is 2.25 bits per heavy atom. The van der Waals surface area contributed by atoms with Gasteiger partial charge in [-0.05, 0) is 18.9 Å². The summed E-state index contributed by atoms with van der Waals surface area (Å²) in [5.74, 6) is -2.49. The number of benzene rings is 1. The van der Waals surface area contributed by atoms with Gasteiger partial charge in [-0.1, -0.05) is 6.07 Å². The summed E-state index contributed by atoms with van der Waals surface area (Å²) in [6.07, 6.45) is 2.00. The third kappa shape index (κ3) is 1.72. The van der Waals surface area contributed by atoms with Crippen LogP contribution in [0.15, 0.2) is 17.0 Å². The van der Waals surface area contributed by atoms with Gasteiger partial charge in [-0.15, -0.1) is 0 Å². The third-order valence-electron chi connectivity index (χ3n) is 2.77. The molecule has 1 aliphatic carbocycles. The standard InChI is InChI=1S/C10H11F2NO2S/c1-16(14,15)7-3-2-6(8(11)9(7)12)10(13)4-5-10/h2-3H,4-5,13H2,1H3. The monoisotopic (exact) mass is 247 g/mol. The predicted molar refractivity (Wildman–Crippen MR) is 54.6 cm³/mol. The molecular formula is C10H11F2NO2S. The summed E-state index contributed by atoms with van der Waals surface area (Å²) in [6, 6.07) is 2.32. The maximum atomic E-state index is 13.6. The highest BCUT2D eigenvalue weighted by atomic mass is 32.2. The first-order valence-corrected chi connectivity index (χ1v) is 6.62. The van der Waals surface area contributed by atoms with E-state index in [-0.39, 0.29) is 5.56 Å². The second-order valence-corrected chi connectivity index (χ2v) is 6.15. The molecule has 3 nitrogen and oxygen atoms in total. The van der Waals surface area contributed by atoms with Gasteiger partial charge in [0.1, 0.15) is 4.90 Å². The Morgan fingerprint density at radius 2 is 1.81 bits per heavy atom. The summed E-state index contributed by atoms with van der Waals surface area (Å²) in [7, 11) is -3.75. The van der Waals surface area contributed by atoms with Crippen molar-refractivity contribution in [1.82, 2.24) is 0 Å². The fraction of sp³-hybridized carbons (Fsp3) is 0.400. The van der Waals surface area contributed by atoms with Crippen LogP contribution in [0.3, 0.4) is 0 Å². The van der Waals surface area contributed by atoms with Crippen molar-refractivity contribution in [3.8, 4) is 0 Å². The highest BCUT2D eigenvalue weighted by Gasteiger charge is 2.43. The van der Waals surface area contributed by atoms with Gasteiger partial charge < -0.3 is 5.73 Å². The van der Waals surface area contributed by atoms with Crippen molar-refractivity contribution >= 4 is 9.84 Å². The lowest BCUT2D eigenvalue weighted by molar-refractivity contribution is 0.466. The van der Waals surface area contributed by atoms with Gasteiger partial charge in [0.05, 0.1) is 0 Å². The lowest BCUT2D eigenvalue weighted by Crippen LogP contribution is -2.21.